The van der Waals surface area contributed by atoms with Crippen molar-refractivity contribution in [2.45, 2.75) is 45.1 Å². The fourth-order valence-electron chi connectivity index (χ4n) is 3.13. The van der Waals surface area contributed by atoms with Crippen molar-refractivity contribution in [3.63, 3.8) is 0 Å². The molecular formula is C14H21N3S. The Morgan fingerprint density at radius 3 is 3.17 bits per heavy atom. The molecule has 2 unspecified atom stereocenters. The van der Waals surface area contributed by atoms with Gasteiger partial charge in [0.1, 0.15) is 0 Å². The first kappa shape index (κ1) is 12.2. The van der Waals surface area contributed by atoms with Gasteiger partial charge in [0.25, 0.3) is 0 Å². The van der Waals surface area contributed by atoms with E-state index < -0.39 is 0 Å². The van der Waals surface area contributed by atoms with Gasteiger partial charge < -0.3 is 5.32 Å². The Hall–Kier alpha value is -0.870. The molecule has 1 fully saturated rings. The quantitative estimate of drug-likeness (QED) is 0.918. The van der Waals surface area contributed by atoms with Crippen LogP contribution in [0.1, 0.15) is 38.3 Å². The van der Waals surface area contributed by atoms with Crippen LogP contribution in [-0.4, -0.2) is 22.0 Å². The fraction of sp³-hybridized carbons (Fsp3) is 0.643. The normalized spacial score (nSPS) is 24.7. The van der Waals surface area contributed by atoms with Crippen LogP contribution in [0, 0.1) is 5.92 Å². The van der Waals surface area contributed by atoms with Crippen LogP contribution in [0.2, 0.25) is 0 Å². The van der Waals surface area contributed by atoms with Crippen LogP contribution in [0.15, 0.2) is 17.8 Å². The van der Waals surface area contributed by atoms with Crippen molar-refractivity contribution in [1.82, 2.24) is 14.7 Å². The third kappa shape index (κ3) is 2.45. The topological polar surface area (TPSA) is 29.3 Å². The maximum Gasteiger partial charge on any atom is 0.193 e. The number of fused-ring (bicyclic) bond motifs is 1. The van der Waals surface area contributed by atoms with E-state index in [9.17, 15) is 0 Å². The van der Waals surface area contributed by atoms with Crippen molar-refractivity contribution < 1.29 is 0 Å². The van der Waals surface area contributed by atoms with Crippen LogP contribution >= 0.6 is 11.3 Å². The van der Waals surface area contributed by atoms with Gasteiger partial charge in [-0.15, -0.1) is 11.3 Å². The highest BCUT2D eigenvalue weighted by atomic mass is 32.1. The maximum absolute atomic E-state index is 4.72. The molecule has 2 atom stereocenters. The van der Waals surface area contributed by atoms with Gasteiger partial charge in [0.2, 0.25) is 0 Å². The minimum Gasteiger partial charge on any atom is -0.314 e. The number of imidazole rings is 1. The lowest BCUT2D eigenvalue weighted by Gasteiger charge is -2.31. The fourth-order valence-corrected chi connectivity index (χ4v) is 3.84. The molecule has 0 amide bonds. The molecule has 4 heteroatoms. The first-order chi connectivity index (χ1) is 8.86. The third-order valence-corrected chi connectivity index (χ3v) is 4.76. The van der Waals surface area contributed by atoms with Crippen molar-refractivity contribution in [3.8, 4) is 0 Å². The number of rotatable bonds is 4. The summed E-state index contributed by atoms with van der Waals surface area (Å²) in [7, 11) is 0. The third-order valence-electron chi connectivity index (χ3n) is 3.99. The molecule has 3 nitrogen and oxygen atoms in total. The van der Waals surface area contributed by atoms with Crippen molar-refractivity contribution >= 4 is 16.3 Å². The van der Waals surface area contributed by atoms with Gasteiger partial charge in [-0.05, 0) is 31.7 Å². The molecule has 0 saturated heterocycles. The molecule has 0 radical (unpaired) electrons. The van der Waals surface area contributed by atoms with Gasteiger partial charge in [0.15, 0.2) is 4.96 Å². The van der Waals surface area contributed by atoms with Gasteiger partial charge >= 0.3 is 0 Å². The Bertz CT molecular complexity index is 471. The molecule has 2 heterocycles. The number of hydrogen-bond acceptors (Lipinski definition) is 3. The Labute approximate surface area is 112 Å². The number of thiazole rings is 1. The zero-order chi connectivity index (χ0) is 12.4. The summed E-state index contributed by atoms with van der Waals surface area (Å²) < 4.78 is 2.14. The molecule has 1 aliphatic rings. The number of hydrogen-bond donors (Lipinski definition) is 1. The van der Waals surface area contributed by atoms with Crippen molar-refractivity contribution in [2.75, 3.05) is 6.54 Å². The lowest BCUT2D eigenvalue weighted by atomic mass is 9.82. The van der Waals surface area contributed by atoms with Gasteiger partial charge in [0, 0.05) is 23.8 Å². The van der Waals surface area contributed by atoms with Gasteiger partial charge in [-0.2, -0.15) is 0 Å². The number of nitrogens with zero attached hydrogens (tertiary/aromatic N) is 2. The van der Waals surface area contributed by atoms with Crippen molar-refractivity contribution in [2.24, 2.45) is 5.92 Å². The summed E-state index contributed by atoms with van der Waals surface area (Å²) in [6.45, 7) is 3.29. The molecule has 2 aromatic heterocycles. The van der Waals surface area contributed by atoms with E-state index >= 15 is 0 Å². The van der Waals surface area contributed by atoms with Crippen LogP contribution in [-0.2, 0) is 6.42 Å². The second kappa shape index (κ2) is 5.41. The van der Waals surface area contributed by atoms with E-state index in [0.29, 0.717) is 6.04 Å². The van der Waals surface area contributed by atoms with E-state index in [4.69, 9.17) is 4.98 Å². The molecule has 1 N–H and O–H groups in total. The van der Waals surface area contributed by atoms with E-state index in [0.717, 1.165) is 23.8 Å². The van der Waals surface area contributed by atoms with Gasteiger partial charge in [-0.25, -0.2) is 4.98 Å². The molecule has 0 bridgehead atoms. The average Bonchev–Trinajstić information content (AvgIpc) is 2.92. The molecular weight excluding hydrogens is 242 g/mol. The highest BCUT2D eigenvalue weighted by Gasteiger charge is 2.25. The molecule has 18 heavy (non-hydrogen) atoms. The summed E-state index contributed by atoms with van der Waals surface area (Å²) in [5, 5.41) is 5.74. The van der Waals surface area contributed by atoms with Crippen LogP contribution in [0.25, 0.3) is 4.96 Å². The predicted octanol–water partition coefficient (Wildman–Crippen LogP) is 3.11. The summed E-state index contributed by atoms with van der Waals surface area (Å²) in [6.07, 6.45) is 10.9. The van der Waals surface area contributed by atoms with Crippen LogP contribution in [0.4, 0.5) is 0 Å². The van der Waals surface area contributed by atoms with Crippen molar-refractivity contribution in [3.05, 3.63) is 23.5 Å². The second-order valence-electron chi connectivity index (χ2n) is 5.24. The molecule has 1 aliphatic carbocycles. The Balaban J connectivity index is 1.71. The van der Waals surface area contributed by atoms with Crippen molar-refractivity contribution in [1.29, 1.82) is 0 Å². The summed E-state index contributed by atoms with van der Waals surface area (Å²) in [5.74, 6) is 0.767. The van der Waals surface area contributed by atoms with Gasteiger partial charge in [-0.1, -0.05) is 19.8 Å². The molecule has 0 spiro atoms. The van der Waals surface area contributed by atoms with Crippen LogP contribution in [0.5, 0.6) is 0 Å². The van der Waals surface area contributed by atoms with Gasteiger partial charge in [-0.3, -0.25) is 4.40 Å². The summed E-state index contributed by atoms with van der Waals surface area (Å²) >= 11 is 1.72. The monoisotopic (exact) mass is 263 g/mol. The lowest BCUT2D eigenvalue weighted by molar-refractivity contribution is 0.263. The largest absolute Gasteiger partial charge is 0.314 e. The highest BCUT2D eigenvalue weighted by Crippen LogP contribution is 2.27. The average molecular weight is 263 g/mol. The molecule has 0 aliphatic heterocycles. The number of nitrogens with one attached hydrogen (secondary N) is 1. The molecule has 1 saturated carbocycles. The SMILES string of the molecule is CCNC1CCCCC1Cc1cn2ccsc2n1. The molecule has 98 valence electrons. The second-order valence-corrected chi connectivity index (χ2v) is 6.11. The number of aromatic nitrogens is 2. The van der Waals surface area contributed by atoms with E-state index in [-0.39, 0.29) is 0 Å². The summed E-state index contributed by atoms with van der Waals surface area (Å²) in [5.41, 5.74) is 1.26. The Morgan fingerprint density at radius 1 is 1.44 bits per heavy atom. The minimum absolute atomic E-state index is 0.698. The predicted molar refractivity (Wildman–Crippen MR) is 76.2 cm³/mol. The first-order valence-electron chi connectivity index (χ1n) is 7.01. The van der Waals surface area contributed by atoms with Crippen LogP contribution in [0.3, 0.4) is 0 Å². The van der Waals surface area contributed by atoms with Crippen LogP contribution < -0.4 is 5.32 Å². The Kier molecular flexibility index (Phi) is 3.66. The summed E-state index contributed by atoms with van der Waals surface area (Å²) in [6, 6.07) is 0.698. The minimum atomic E-state index is 0.698. The van der Waals surface area contributed by atoms with E-state index in [1.165, 1.54) is 31.4 Å². The molecule has 0 aromatic carbocycles. The Morgan fingerprint density at radius 2 is 2.33 bits per heavy atom. The molecule has 3 rings (SSSR count). The molecule has 2 aromatic rings. The maximum atomic E-state index is 4.72. The van der Waals surface area contributed by atoms with Gasteiger partial charge in [0.05, 0.1) is 5.69 Å². The lowest BCUT2D eigenvalue weighted by Crippen LogP contribution is -2.39. The first-order valence-corrected chi connectivity index (χ1v) is 7.89. The zero-order valence-corrected chi connectivity index (χ0v) is 11.7. The summed E-state index contributed by atoms with van der Waals surface area (Å²) in [4.78, 5) is 5.84. The van der Waals surface area contributed by atoms with E-state index in [1.807, 2.05) is 0 Å². The zero-order valence-electron chi connectivity index (χ0n) is 10.9. The van der Waals surface area contributed by atoms with E-state index in [1.54, 1.807) is 11.3 Å². The van der Waals surface area contributed by atoms with E-state index in [2.05, 4.69) is 34.4 Å². The highest BCUT2D eigenvalue weighted by molar-refractivity contribution is 7.15. The smallest absolute Gasteiger partial charge is 0.193 e. The standard InChI is InChI=1S/C14H21N3S/c1-2-15-13-6-4-3-5-11(13)9-12-10-17-7-8-18-14(17)16-12/h7-8,10-11,13,15H,2-6,9H2,1H3.